The number of hydrogen-bond donors (Lipinski definition) is 0. The largest absolute Gasteiger partial charge is 0.429 e. The molecule has 0 spiro atoms. The van der Waals surface area contributed by atoms with Gasteiger partial charge in [0.05, 0.1) is 30.3 Å². The summed E-state index contributed by atoms with van der Waals surface area (Å²) in [6.07, 6.45) is -2.18. The van der Waals surface area contributed by atoms with Crippen LogP contribution in [0.25, 0.3) is 11.1 Å². The van der Waals surface area contributed by atoms with Crippen molar-refractivity contribution in [1.82, 2.24) is 0 Å². The van der Waals surface area contributed by atoms with Crippen molar-refractivity contribution in [3.8, 4) is 28.7 Å². The third-order valence-electron chi connectivity index (χ3n) is 7.54. The summed E-state index contributed by atoms with van der Waals surface area (Å²) in [6, 6.07) is 9.16. The Kier molecular flexibility index (Phi) is 10.7. The van der Waals surface area contributed by atoms with E-state index in [0.29, 0.717) is 36.2 Å². The van der Waals surface area contributed by atoms with Crippen molar-refractivity contribution in [2.45, 2.75) is 45.0 Å². The van der Waals surface area contributed by atoms with E-state index in [1.807, 2.05) is 6.92 Å². The minimum absolute atomic E-state index is 0.102. The Bertz CT molecular complexity index is 1810. The highest BCUT2D eigenvalue weighted by atomic mass is 19.3. The van der Waals surface area contributed by atoms with E-state index in [2.05, 4.69) is 16.6 Å². The van der Waals surface area contributed by atoms with Crippen molar-refractivity contribution in [1.29, 1.82) is 0 Å². The summed E-state index contributed by atoms with van der Waals surface area (Å²) in [6.45, 7) is 1.79. The summed E-state index contributed by atoms with van der Waals surface area (Å²) in [5, 5.41) is 0. The number of halogens is 9. The fraction of sp³-hybridized carbons (Fsp3) is 0.278. The highest BCUT2D eigenvalue weighted by Crippen LogP contribution is 2.35. The van der Waals surface area contributed by atoms with Gasteiger partial charge in [0.15, 0.2) is 23.7 Å². The van der Waals surface area contributed by atoms with Crippen LogP contribution in [0.15, 0.2) is 60.7 Å². The molecule has 1 aliphatic heterocycles. The lowest BCUT2D eigenvalue weighted by Crippen LogP contribution is -2.26. The van der Waals surface area contributed by atoms with Crippen LogP contribution in [0.1, 0.15) is 54.7 Å². The maximum atomic E-state index is 14.8. The Hall–Kier alpha value is -4.47. The average molecular weight is 679 g/mol. The first-order valence-electron chi connectivity index (χ1n) is 14.9. The molecule has 0 atom stereocenters. The van der Waals surface area contributed by atoms with Crippen molar-refractivity contribution in [3.63, 3.8) is 0 Å². The molecule has 0 aliphatic carbocycles. The van der Waals surface area contributed by atoms with Gasteiger partial charge >= 0.3 is 6.11 Å². The molecule has 3 nitrogen and oxygen atoms in total. The van der Waals surface area contributed by atoms with E-state index < -0.39 is 75.9 Å². The fourth-order valence-corrected chi connectivity index (χ4v) is 5.04. The lowest BCUT2D eigenvalue weighted by atomic mass is 10.0. The second-order valence-corrected chi connectivity index (χ2v) is 11.1. The molecule has 1 heterocycles. The van der Waals surface area contributed by atoms with Crippen molar-refractivity contribution in [2.24, 2.45) is 5.92 Å². The molecule has 4 aromatic carbocycles. The zero-order chi connectivity index (χ0) is 34.6. The first-order chi connectivity index (χ1) is 22.9. The minimum Gasteiger partial charge on any atom is -0.429 e. The summed E-state index contributed by atoms with van der Waals surface area (Å²) >= 11 is 0. The second-order valence-electron chi connectivity index (χ2n) is 11.1. The first-order valence-corrected chi connectivity index (χ1v) is 14.9. The predicted molar refractivity (Wildman–Crippen MR) is 157 cm³/mol. The summed E-state index contributed by atoms with van der Waals surface area (Å²) in [5.74, 6) is -6.02. The molecule has 0 amide bonds. The summed E-state index contributed by atoms with van der Waals surface area (Å²) in [5.41, 5.74) is -1.49. The molecule has 252 valence electrons. The van der Waals surface area contributed by atoms with Crippen LogP contribution in [0.2, 0.25) is 0 Å². The summed E-state index contributed by atoms with van der Waals surface area (Å²) in [7, 11) is 0. The number of rotatable bonds is 9. The number of alkyl halides is 2. The van der Waals surface area contributed by atoms with E-state index in [9.17, 15) is 39.5 Å². The van der Waals surface area contributed by atoms with Gasteiger partial charge in [-0.15, -0.1) is 0 Å². The zero-order valence-electron chi connectivity index (χ0n) is 25.3. The number of ether oxygens (including phenoxy) is 3. The maximum Gasteiger partial charge on any atom is 0.429 e. The molecule has 0 unspecified atom stereocenters. The maximum absolute atomic E-state index is 14.8. The van der Waals surface area contributed by atoms with Crippen LogP contribution in [0.5, 0.6) is 5.75 Å². The van der Waals surface area contributed by atoms with E-state index in [1.54, 1.807) is 0 Å². The van der Waals surface area contributed by atoms with Gasteiger partial charge < -0.3 is 14.2 Å². The molecule has 5 rings (SSSR count). The van der Waals surface area contributed by atoms with Crippen molar-refractivity contribution >= 4 is 0 Å². The van der Waals surface area contributed by atoms with Crippen molar-refractivity contribution < 1.29 is 53.7 Å². The molecule has 0 saturated carbocycles. The smallest absolute Gasteiger partial charge is 0.429 e. The zero-order valence-corrected chi connectivity index (χ0v) is 25.3. The monoisotopic (exact) mass is 678 g/mol. The highest BCUT2D eigenvalue weighted by molar-refractivity contribution is 5.64. The predicted octanol–water partition coefficient (Wildman–Crippen LogP) is 9.90. The number of unbranched alkanes of at least 4 members (excludes halogenated alkanes) is 2. The number of aryl methyl sites for hydroxylation is 1. The molecular weight excluding hydrogens is 651 g/mol. The molecule has 48 heavy (non-hydrogen) atoms. The van der Waals surface area contributed by atoms with Crippen LogP contribution in [0, 0.1) is 58.5 Å². The highest BCUT2D eigenvalue weighted by Gasteiger charge is 2.38. The molecule has 0 aromatic heterocycles. The van der Waals surface area contributed by atoms with E-state index in [1.165, 1.54) is 18.2 Å². The Labute approximate surface area is 270 Å². The van der Waals surface area contributed by atoms with Gasteiger partial charge in [-0.3, -0.25) is 0 Å². The minimum atomic E-state index is -4.23. The van der Waals surface area contributed by atoms with Gasteiger partial charge in [-0.25, -0.2) is 30.7 Å². The van der Waals surface area contributed by atoms with Gasteiger partial charge in [-0.1, -0.05) is 49.8 Å². The van der Waals surface area contributed by atoms with Gasteiger partial charge in [-0.05, 0) is 54.3 Å². The lowest BCUT2D eigenvalue weighted by molar-refractivity contribution is -0.196. The third kappa shape index (κ3) is 7.97. The van der Waals surface area contributed by atoms with Crippen LogP contribution < -0.4 is 4.74 Å². The molecule has 4 aromatic rings. The number of benzene rings is 4. The van der Waals surface area contributed by atoms with Gasteiger partial charge in [0.25, 0.3) is 0 Å². The van der Waals surface area contributed by atoms with Crippen LogP contribution >= 0.6 is 0 Å². The fourth-order valence-electron chi connectivity index (χ4n) is 5.04. The molecule has 1 aliphatic rings. The quantitative estimate of drug-likeness (QED) is 0.0764. The van der Waals surface area contributed by atoms with Gasteiger partial charge in [0.2, 0.25) is 0 Å². The van der Waals surface area contributed by atoms with E-state index in [-0.39, 0.29) is 29.9 Å². The van der Waals surface area contributed by atoms with Gasteiger partial charge in [-0.2, -0.15) is 8.78 Å². The Morgan fingerprint density at radius 3 is 2.02 bits per heavy atom. The van der Waals surface area contributed by atoms with Crippen LogP contribution in [-0.2, 0) is 22.0 Å². The Balaban J connectivity index is 1.21. The molecule has 1 saturated heterocycles. The van der Waals surface area contributed by atoms with Gasteiger partial charge in [0, 0.05) is 23.3 Å². The van der Waals surface area contributed by atoms with E-state index >= 15 is 0 Å². The molecule has 0 bridgehead atoms. The molecule has 0 radical (unpaired) electrons. The first kappa shape index (κ1) is 34.9. The molecule has 0 N–H and O–H groups in total. The summed E-state index contributed by atoms with van der Waals surface area (Å²) in [4.78, 5) is 0. The molecular formula is C36H27F9O3. The lowest BCUT2D eigenvalue weighted by Gasteiger charge is -2.27. The SMILES string of the molecule is CCCCCc1ccc(C(F)(F)Oc2cc(F)c(C#CC3COC(c4ccc(-c5cc(F)c(F)c(F)c5)c(F)c4)OC3)c(F)c2)c(F)c1. The van der Waals surface area contributed by atoms with Crippen LogP contribution in [0.3, 0.4) is 0 Å². The van der Waals surface area contributed by atoms with Crippen molar-refractivity contribution in [3.05, 3.63) is 124 Å². The normalized spacial score (nSPS) is 16.4. The van der Waals surface area contributed by atoms with Crippen LogP contribution in [0.4, 0.5) is 39.5 Å². The standard InChI is InChI=1S/C36H27F9O3/c1-2-3-4-5-20-7-11-27(31(40)12-20)36(44,45)48-24-16-29(38)26(30(39)17-24)9-6-21-18-46-35(47-19-21)22-8-10-25(28(37)13-22)23-14-32(41)34(43)33(42)15-23/h7-8,10-17,21,35H,2-5,18-19H2,1H3. The summed E-state index contributed by atoms with van der Waals surface area (Å²) < 4.78 is 144. The average Bonchev–Trinajstić information content (AvgIpc) is 3.03. The Morgan fingerprint density at radius 2 is 1.42 bits per heavy atom. The second kappa shape index (κ2) is 14.7. The Morgan fingerprint density at radius 1 is 0.750 bits per heavy atom. The van der Waals surface area contributed by atoms with Crippen LogP contribution in [-0.4, -0.2) is 13.2 Å². The van der Waals surface area contributed by atoms with E-state index in [4.69, 9.17) is 9.47 Å². The topological polar surface area (TPSA) is 27.7 Å². The van der Waals surface area contributed by atoms with Gasteiger partial charge in [0.1, 0.15) is 29.0 Å². The molecule has 1 fully saturated rings. The number of hydrogen-bond acceptors (Lipinski definition) is 3. The molecule has 12 heteroatoms. The van der Waals surface area contributed by atoms with Crippen molar-refractivity contribution in [2.75, 3.05) is 13.2 Å². The third-order valence-corrected chi connectivity index (χ3v) is 7.54. The van der Waals surface area contributed by atoms with E-state index in [0.717, 1.165) is 37.5 Å².